The highest BCUT2D eigenvalue weighted by atomic mass is 32.1. The number of benzene rings is 1. The lowest BCUT2D eigenvalue weighted by Gasteiger charge is -2.38. The summed E-state index contributed by atoms with van der Waals surface area (Å²) in [4.78, 5) is 6.59. The number of nitrogens with one attached hydrogen (secondary N) is 1. The normalized spacial score (nSPS) is 17.8. The molecule has 0 radical (unpaired) electrons. The molecule has 0 aliphatic carbocycles. The number of thiocarbonyl (C=S) groups is 1. The third-order valence-corrected chi connectivity index (χ3v) is 4.80. The van der Waals surface area contributed by atoms with Crippen LogP contribution in [-0.4, -0.2) is 21.5 Å². The largest absolute Gasteiger partial charge is 0.342 e. The highest BCUT2D eigenvalue weighted by Gasteiger charge is 2.26. The summed E-state index contributed by atoms with van der Waals surface area (Å²) in [7, 11) is 0. The topological polar surface area (TPSA) is 28.2 Å². The Kier molecular flexibility index (Phi) is 4.91. The van der Waals surface area contributed by atoms with Gasteiger partial charge in [-0.1, -0.05) is 18.2 Å². The predicted molar refractivity (Wildman–Crippen MR) is 99.7 cm³/mol. The van der Waals surface area contributed by atoms with Gasteiger partial charge in [-0.25, -0.2) is 0 Å². The molecular weight excluding hydrogens is 302 g/mol. The van der Waals surface area contributed by atoms with Gasteiger partial charge in [0.25, 0.3) is 0 Å². The molecule has 1 unspecified atom stereocenters. The summed E-state index contributed by atoms with van der Waals surface area (Å²) in [5, 5.41) is 4.27. The van der Waals surface area contributed by atoms with Crippen molar-refractivity contribution >= 4 is 23.0 Å². The first-order chi connectivity index (χ1) is 11.1. The average molecular weight is 325 g/mol. The van der Waals surface area contributed by atoms with Crippen molar-refractivity contribution < 1.29 is 0 Å². The number of aryl methyl sites for hydroxylation is 2. The fourth-order valence-electron chi connectivity index (χ4n) is 3.15. The first-order valence-corrected chi connectivity index (χ1v) is 8.61. The van der Waals surface area contributed by atoms with Crippen LogP contribution in [0.1, 0.15) is 42.0 Å². The van der Waals surface area contributed by atoms with Crippen LogP contribution in [0, 0.1) is 13.8 Å². The molecule has 1 aromatic heterocycles. The minimum absolute atomic E-state index is 0.322. The standard InChI is InChI=1S/C19H23N3S/c1-14-8-9-15(2)17(12-14)21-19(23)22-11-4-3-7-18(22)16-6-5-10-20-13-16/h5-6,8-10,12-13,18H,3-4,7,11H2,1-2H3,(H,21,23). The molecule has 1 fully saturated rings. The molecule has 1 N–H and O–H groups in total. The van der Waals surface area contributed by atoms with Crippen LogP contribution >= 0.6 is 12.2 Å². The van der Waals surface area contributed by atoms with Crippen molar-refractivity contribution in [2.75, 3.05) is 11.9 Å². The van der Waals surface area contributed by atoms with E-state index < -0.39 is 0 Å². The Morgan fingerprint density at radius 1 is 1.26 bits per heavy atom. The van der Waals surface area contributed by atoms with E-state index in [2.05, 4.69) is 53.3 Å². The van der Waals surface area contributed by atoms with E-state index in [0.29, 0.717) is 6.04 Å². The zero-order chi connectivity index (χ0) is 16.2. The van der Waals surface area contributed by atoms with Crippen molar-refractivity contribution in [2.24, 2.45) is 0 Å². The van der Waals surface area contributed by atoms with Gasteiger partial charge < -0.3 is 10.2 Å². The molecule has 120 valence electrons. The quantitative estimate of drug-likeness (QED) is 0.815. The van der Waals surface area contributed by atoms with Crippen LogP contribution in [0.4, 0.5) is 5.69 Å². The molecule has 1 atom stereocenters. The van der Waals surface area contributed by atoms with Gasteiger partial charge in [0, 0.05) is 24.6 Å². The van der Waals surface area contributed by atoms with Crippen molar-refractivity contribution in [1.82, 2.24) is 9.88 Å². The Labute approximate surface area is 143 Å². The first kappa shape index (κ1) is 15.9. The summed E-state index contributed by atoms with van der Waals surface area (Å²) in [6, 6.07) is 10.9. The lowest BCUT2D eigenvalue weighted by atomic mass is 9.97. The highest BCUT2D eigenvalue weighted by Crippen LogP contribution is 2.31. The molecule has 1 aromatic carbocycles. The highest BCUT2D eigenvalue weighted by molar-refractivity contribution is 7.80. The molecule has 0 amide bonds. The lowest BCUT2D eigenvalue weighted by molar-refractivity contribution is 0.248. The molecule has 2 aromatic rings. The van der Waals surface area contributed by atoms with Crippen LogP contribution in [0.25, 0.3) is 0 Å². The summed E-state index contributed by atoms with van der Waals surface area (Å²) < 4.78 is 0. The maximum absolute atomic E-state index is 5.73. The minimum Gasteiger partial charge on any atom is -0.342 e. The summed E-state index contributed by atoms with van der Waals surface area (Å²) >= 11 is 5.73. The maximum Gasteiger partial charge on any atom is 0.173 e. The fraction of sp³-hybridized carbons (Fsp3) is 0.368. The number of anilines is 1. The number of hydrogen-bond donors (Lipinski definition) is 1. The molecule has 3 rings (SSSR count). The molecular formula is C19H23N3S. The number of aromatic nitrogens is 1. The van der Waals surface area contributed by atoms with E-state index in [4.69, 9.17) is 12.2 Å². The third kappa shape index (κ3) is 3.70. The molecule has 1 saturated heterocycles. The maximum atomic E-state index is 5.73. The van der Waals surface area contributed by atoms with Crippen molar-refractivity contribution in [3.63, 3.8) is 0 Å². The van der Waals surface area contributed by atoms with E-state index in [1.165, 1.54) is 29.5 Å². The Balaban J connectivity index is 1.80. The van der Waals surface area contributed by atoms with Crippen LogP contribution in [0.5, 0.6) is 0 Å². The van der Waals surface area contributed by atoms with E-state index in [1.807, 2.05) is 18.5 Å². The van der Waals surface area contributed by atoms with Crippen LogP contribution in [-0.2, 0) is 0 Å². The molecule has 0 bridgehead atoms. The second-order valence-electron chi connectivity index (χ2n) is 6.24. The van der Waals surface area contributed by atoms with E-state index in [1.54, 1.807) is 0 Å². The Hall–Kier alpha value is -1.94. The van der Waals surface area contributed by atoms with Gasteiger partial charge >= 0.3 is 0 Å². The van der Waals surface area contributed by atoms with Gasteiger partial charge in [-0.15, -0.1) is 0 Å². The monoisotopic (exact) mass is 325 g/mol. The molecule has 1 aliphatic rings. The molecule has 0 spiro atoms. The predicted octanol–water partition coefficient (Wildman–Crippen LogP) is 4.62. The zero-order valence-corrected chi connectivity index (χ0v) is 14.6. The molecule has 2 heterocycles. The first-order valence-electron chi connectivity index (χ1n) is 8.20. The van der Waals surface area contributed by atoms with Gasteiger partial charge in [0.1, 0.15) is 0 Å². The number of rotatable bonds is 2. The lowest BCUT2D eigenvalue weighted by Crippen LogP contribution is -2.41. The van der Waals surface area contributed by atoms with Gasteiger partial charge in [0.2, 0.25) is 0 Å². The molecule has 4 heteroatoms. The number of nitrogens with zero attached hydrogens (tertiary/aromatic N) is 2. The summed E-state index contributed by atoms with van der Waals surface area (Å²) in [5.74, 6) is 0. The minimum atomic E-state index is 0.322. The van der Waals surface area contributed by atoms with E-state index in [-0.39, 0.29) is 0 Å². The van der Waals surface area contributed by atoms with Crippen LogP contribution in [0.15, 0.2) is 42.7 Å². The molecule has 1 aliphatic heterocycles. The second-order valence-corrected chi connectivity index (χ2v) is 6.63. The fourth-order valence-corrected chi connectivity index (χ4v) is 3.48. The number of hydrogen-bond acceptors (Lipinski definition) is 2. The zero-order valence-electron chi connectivity index (χ0n) is 13.7. The van der Waals surface area contributed by atoms with Gasteiger partial charge in [-0.05, 0) is 74.2 Å². The van der Waals surface area contributed by atoms with Crippen molar-refractivity contribution in [3.05, 3.63) is 59.4 Å². The van der Waals surface area contributed by atoms with Crippen LogP contribution in [0.3, 0.4) is 0 Å². The van der Waals surface area contributed by atoms with E-state index in [0.717, 1.165) is 23.8 Å². The molecule has 0 saturated carbocycles. The summed E-state index contributed by atoms with van der Waals surface area (Å²) in [5.41, 5.74) is 4.80. The van der Waals surface area contributed by atoms with E-state index in [9.17, 15) is 0 Å². The Bertz CT molecular complexity index is 684. The van der Waals surface area contributed by atoms with Crippen molar-refractivity contribution in [3.8, 4) is 0 Å². The molecule has 3 nitrogen and oxygen atoms in total. The Morgan fingerprint density at radius 3 is 2.91 bits per heavy atom. The van der Waals surface area contributed by atoms with Gasteiger partial charge in [0.05, 0.1) is 6.04 Å². The second kappa shape index (κ2) is 7.09. The Morgan fingerprint density at radius 2 is 2.13 bits per heavy atom. The molecule has 23 heavy (non-hydrogen) atoms. The van der Waals surface area contributed by atoms with Gasteiger partial charge in [-0.3, -0.25) is 4.98 Å². The van der Waals surface area contributed by atoms with Crippen LogP contribution in [0.2, 0.25) is 0 Å². The number of likely N-dealkylation sites (tertiary alicyclic amines) is 1. The SMILES string of the molecule is Cc1ccc(C)c(NC(=S)N2CCCCC2c2cccnc2)c1. The van der Waals surface area contributed by atoms with Crippen molar-refractivity contribution in [2.45, 2.75) is 39.2 Å². The van der Waals surface area contributed by atoms with Gasteiger partial charge in [0.15, 0.2) is 5.11 Å². The third-order valence-electron chi connectivity index (χ3n) is 4.47. The van der Waals surface area contributed by atoms with Crippen LogP contribution < -0.4 is 5.32 Å². The summed E-state index contributed by atoms with van der Waals surface area (Å²) in [6.45, 7) is 5.21. The van der Waals surface area contributed by atoms with E-state index >= 15 is 0 Å². The van der Waals surface area contributed by atoms with Gasteiger partial charge in [-0.2, -0.15) is 0 Å². The van der Waals surface area contributed by atoms with Crippen molar-refractivity contribution in [1.29, 1.82) is 0 Å². The smallest absolute Gasteiger partial charge is 0.173 e. The summed E-state index contributed by atoms with van der Waals surface area (Å²) in [6.07, 6.45) is 7.33. The average Bonchev–Trinajstić information content (AvgIpc) is 2.59. The number of piperidine rings is 1. The number of pyridine rings is 1.